The minimum absolute atomic E-state index is 0.114. The lowest BCUT2D eigenvalue weighted by molar-refractivity contribution is 0.0341. The fourth-order valence-electron chi connectivity index (χ4n) is 3.28. The first-order valence-corrected chi connectivity index (χ1v) is 7.73. The van der Waals surface area contributed by atoms with Gasteiger partial charge >= 0.3 is 0 Å². The Balaban J connectivity index is 1.79. The van der Waals surface area contributed by atoms with E-state index < -0.39 is 0 Å². The van der Waals surface area contributed by atoms with Crippen molar-refractivity contribution in [2.45, 2.75) is 44.8 Å². The first-order valence-electron chi connectivity index (χ1n) is 7.35. The van der Waals surface area contributed by atoms with Gasteiger partial charge in [0.25, 0.3) is 5.91 Å². The van der Waals surface area contributed by atoms with Crippen LogP contribution in [0.5, 0.6) is 0 Å². The third-order valence-corrected chi connectivity index (χ3v) is 4.78. The van der Waals surface area contributed by atoms with Crippen molar-refractivity contribution in [3.63, 3.8) is 0 Å². The lowest BCUT2D eigenvalue weighted by Gasteiger charge is -2.29. The molecule has 0 bridgehead atoms. The van der Waals surface area contributed by atoms with Gasteiger partial charge in [0.15, 0.2) is 0 Å². The molecule has 0 aliphatic carbocycles. The molecule has 1 amide bonds. The monoisotopic (exact) mass is 293 g/mol. The van der Waals surface area contributed by atoms with E-state index in [0.717, 1.165) is 50.0 Å². The zero-order chi connectivity index (χ0) is 14.1. The lowest BCUT2D eigenvalue weighted by atomic mass is 10.0. The molecule has 1 aromatic carbocycles. The average molecular weight is 294 g/mol. The number of amides is 1. The SMILES string of the molecule is Cc1cc(C(=O)N2CCC[C@@H]2[C@H]2CCCO2)ccc1Cl. The lowest BCUT2D eigenvalue weighted by Crippen LogP contribution is -2.42. The summed E-state index contributed by atoms with van der Waals surface area (Å²) in [6.07, 6.45) is 4.55. The number of likely N-dealkylation sites (tertiary alicyclic amines) is 1. The minimum atomic E-state index is 0.114. The van der Waals surface area contributed by atoms with E-state index in [-0.39, 0.29) is 18.1 Å². The predicted molar refractivity (Wildman–Crippen MR) is 79.2 cm³/mol. The Hall–Kier alpha value is -1.06. The van der Waals surface area contributed by atoms with Crippen LogP contribution in [0.25, 0.3) is 0 Å². The second-order valence-electron chi connectivity index (χ2n) is 5.72. The van der Waals surface area contributed by atoms with E-state index in [0.29, 0.717) is 5.02 Å². The maximum absolute atomic E-state index is 12.7. The van der Waals surface area contributed by atoms with Gasteiger partial charge in [0, 0.05) is 23.7 Å². The van der Waals surface area contributed by atoms with E-state index in [2.05, 4.69) is 0 Å². The van der Waals surface area contributed by atoms with E-state index >= 15 is 0 Å². The van der Waals surface area contributed by atoms with Gasteiger partial charge in [-0.05, 0) is 56.4 Å². The van der Waals surface area contributed by atoms with Crippen molar-refractivity contribution in [2.24, 2.45) is 0 Å². The van der Waals surface area contributed by atoms with Crippen LogP contribution in [0.1, 0.15) is 41.6 Å². The minimum Gasteiger partial charge on any atom is -0.376 e. The Morgan fingerprint density at radius 3 is 2.90 bits per heavy atom. The molecule has 2 atom stereocenters. The van der Waals surface area contributed by atoms with Crippen LogP contribution in [0.4, 0.5) is 0 Å². The van der Waals surface area contributed by atoms with Crippen LogP contribution in [0.15, 0.2) is 18.2 Å². The second-order valence-corrected chi connectivity index (χ2v) is 6.13. The normalized spacial score (nSPS) is 26.2. The smallest absolute Gasteiger partial charge is 0.254 e. The maximum Gasteiger partial charge on any atom is 0.254 e. The van der Waals surface area contributed by atoms with E-state index in [1.807, 2.05) is 24.0 Å². The van der Waals surface area contributed by atoms with Crippen molar-refractivity contribution >= 4 is 17.5 Å². The Labute approximate surface area is 124 Å². The van der Waals surface area contributed by atoms with Crippen LogP contribution in [0.2, 0.25) is 5.02 Å². The number of benzene rings is 1. The fraction of sp³-hybridized carbons (Fsp3) is 0.562. The molecule has 0 spiro atoms. The number of rotatable bonds is 2. The molecule has 2 aliphatic rings. The molecule has 0 saturated carbocycles. The van der Waals surface area contributed by atoms with Crippen LogP contribution in [-0.2, 0) is 4.74 Å². The zero-order valence-corrected chi connectivity index (χ0v) is 12.5. The molecule has 0 N–H and O–H groups in total. The number of nitrogens with zero attached hydrogens (tertiary/aromatic N) is 1. The van der Waals surface area contributed by atoms with E-state index in [1.54, 1.807) is 6.07 Å². The van der Waals surface area contributed by atoms with Crippen molar-refractivity contribution in [2.75, 3.05) is 13.2 Å². The molecule has 108 valence electrons. The molecule has 0 aromatic heterocycles. The summed E-state index contributed by atoms with van der Waals surface area (Å²) in [6, 6.07) is 5.76. The van der Waals surface area contributed by atoms with Crippen LogP contribution < -0.4 is 0 Å². The number of halogens is 1. The highest BCUT2D eigenvalue weighted by Gasteiger charge is 2.37. The summed E-state index contributed by atoms with van der Waals surface area (Å²) in [7, 11) is 0. The molecule has 4 heteroatoms. The summed E-state index contributed by atoms with van der Waals surface area (Å²) in [4.78, 5) is 14.7. The highest BCUT2D eigenvalue weighted by Crippen LogP contribution is 2.29. The van der Waals surface area contributed by atoms with Crippen LogP contribution in [0, 0.1) is 6.92 Å². The number of carbonyl (C=O) groups excluding carboxylic acids is 1. The van der Waals surface area contributed by atoms with Gasteiger partial charge in [0.05, 0.1) is 12.1 Å². The van der Waals surface area contributed by atoms with Crippen LogP contribution in [0.3, 0.4) is 0 Å². The molecule has 20 heavy (non-hydrogen) atoms. The van der Waals surface area contributed by atoms with Gasteiger partial charge in [0.2, 0.25) is 0 Å². The van der Waals surface area contributed by atoms with Gasteiger partial charge < -0.3 is 9.64 Å². The number of ether oxygens (including phenoxy) is 1. The van der Waals surface area contributed by atoms with E-state index in [1.165, 1.54) is 0 Å². The molecule has 2 aliphatic heterocycles. The van der Waals surface area contributed by atoms with Crippen molar-refractivity contribution in [1.82, 2.24) is 4.90 Å². The molecular formula is C16H20ClNO2. The number of carbonyl (C=O) groups is 1. The predicted octanol–water partition coefficient (Wildman–Crippen LogP) is 3.43. The molecule has 3 rings (SSSR count). The summed E-state index contributed by atoms with van der Waals surface area (Å²) >= 11 is 6.03. The second kappa shape index (κ2) is 5.74. The molecule has 2 saturated heterocycles. The van der Waals surface area contributed by atoms with Crippen molar-refractivity contribution < 1.29 is 9.53 Å². The van der Waals surface area contributed by atoms with Crippen molar-refractivity contribution in [3.05, 3.63) is 34.3 Å². The maximum atomic E-state index is 12.7. The molecular weight excluding hydrogens is 274 g/mol. The standard InChI is InChI=1S/C16H20ClNO2/c1-11-10-12(6-7-13(11)17)16(19)18-8-2-4-14(18)15-5-3-9-20-15/h6-7,10,14-15H,2-5,8-9H2,1H3/t14-,15-/m1/s1. The fourth-order valence-corrected chi connectivity index (χ4v) is 3.40. The molecule has 0 radical (unpaired) electrons. The Morgan fingerprint density at radius 2 is 2.20 bits per heavy atom. The largest absolute Gasteiger partial charge is 0.376 e. The van der Waals surface area contributed by atoms with E-state index in [9.17, 15) is 4.79 Å². The zero-order valence-electron chi connectivity index (χ0n) is 11.8. The van der Waals surface area contributed by atoms with E-state index in [4.69, 9.17) is 16.3 Å². The van der Waals surface area contributed by atoms with Crippen molar-refractivity contribution in [3.8, 4) is 0 Å². The van der Waals surface area contributed by atoms with Gasteiger partial charge in [-0.2, -0.15) is 0 Å². The topological polar surface area (TPSA) is 29.5 Å². The van der Waals surface area contributed by atoms with Crippen LogP contribution in [-0.4, -0.2) is 36.1 Å². The van der Waals surface area contributed by atoms with Gasteiger partial charge in [-0.3, -0.25) is 4.79 Å². The third-order valence-electron chi connectivity index (χ3n) is 4.36. The first kappa shape index (κ1) is 13.9. The van der Waals surface area contributed by atoms with Gasteiger partial charge in [-0.15, -0.1) is 0 Å². The summed E-state index contributed by atoms with van der Waals surface area (Å²) in [5.74, 6) is 0.114. The summed E-state index contributed by atoms with van der Waals surface area (Å²) in [5.41, 5.74) is 1.68. The number of aryl methyl sites for hydroxylation is 1. The Morgan fingerprint density at radius 1 is 1.35 bits per heavy atom. The molecule has 0 unspecified atom stereocenters. The Bertz CT molecular complexity index is 511. The Kier molecular flexibility index (Phi) is 3.99. The highest BCUT2D eigenvalue weighted by molar-refractivity contribution is 6.31. The van der Waals surface area contributed by atoms with Crippen molar-refractivity contribution in [1.29, 1.82) is 0 Å². The molecule has 3 nitrogen and oxygen atoms in total. The first-order chi connectivity index (χ1) is 9.66. The summed E-state index contributed by atoms with van der Waals surface area (Å²) < 4.78 is 5.78. The number of hydrogen-bond donors (Lipinski definition) is 0. The molecule has 2 heterocycles. The van der Waals surface area contributed by atoms with Gasteiger partial charge in [-0.1, -0.05) is 11.6 Å². The van der Waals surface area contributed by atoms with Gasteiger partial charge in [0.1, 0.15) is 0 Å². The van der Waals surface area contributed by atoms with Gasteiger partial charge in [-0.25, -0.2) is 0 Å². The summed E-state index contributed by atoms with van der Waals surface area (Å²) in [5, 5.41) is 0.707. The quantitative estimate of drug-likeness (QED) is 0.836. The third kappa shape index (κ3) is 2.57. The average Bonchev–Trinajstić information content (AvgIpc) is 3.10. The van der Waals surface area contributed by atoms with Crippen LogP contribution >= 0.6 is 11.6 Å². The number of hydrogen-bond acceptors (Lipinski definition) is 2. The molecule has 2 fully saturated rings. The highest BCUT2D eigenvalue weighted by atomic mass is 35.5. The summed E-state index contributed by atoms with van der Waals surface area (Å²) in [6.45, 7) is 3.61. The molecule has 1 aromatic rings.